The van der Waals surface area contributed by atoms with Gasteiger partial charge in [-0.2, -0.15) is 0 Å². The van der Waals surface area contributed by atoms with Gasteiger partial charge >= 0.3 is 41.8 Å². The molecule has 1 aromatic carbocycles. The number of carboxylic acids is 6. The van der Waals surface area contributed by atoms with Crippen molar-refractivity contribution in [2.24, 2.45) is 11.8 Å². The molecule has 0 spiro atoms. The minimum atomic E-state index is -1.55. The number of hydrogen-bond acceptors (Lipinski definition) is 14. The number of nitrogens with one attached hydrogen (secondary N) is 6. The van der Waals surface area contributed by atoms with Gasteiger partial charge in [0, 0.05) is 105 Å². The normalized spacial score (nSPS) is 18.8. The lowest BCUT2D eigenvalue weighted by Gasteiger charge is -2.33. The van der Waals surface area contributed by atoms with Crippen molar-refractivity contribution in [1.29, 1.82) is 0 Å². The standard InChI is InChI=1S/C47H69IN10O16/c48-32-8-9-34-33(22-32)31(24-50-34)21-37(44(69)49-12-2-1-3-35(45(70)71)53-47(74)54-36(46(72)73)10-11-39(60)61)52-43(68)30-6-4-29(5-7-30)23-51-38(59)25-55-13-15-56(26-40(62)63)17-19-58(28-42(66)67)20-18-57(16-14-55)27-41(64)65/h8-9,22,24,29-30,35-37,50H,1-7,10-21,23,25-28H2,(H,49,69)(H,51,59)(H,52,68)(H,60,61)(H,62,63)(H,64,65)(H,66,67)(H,70,71)(H,72,73)(H2,53,54,74)/t29?,30?,35-,36-,37+/m0/s1. The molecule has 27 heteroatoms. The molecule has 1 aliphatic carbocycles. The minimum absolute atomic E-state index is 0.0299. The maximum absolute atomic E-state index is 13.9. The van der Waals surface area contributed by atoms with Crippen LogP contribution in [0.5, 0.6) is 0 Å². The van der Waals surface area contributed by atoms with Crippen molar-refractivity contribution in [3.63, 3.8) is 0 Å². The Labute approximate surface area is 440 Å². The van der Waals surface area contributed by atoms with Crippen molar-refractivity contribution in [2.45, 2.75) is 82.3 Å². The van der Waals surface area contributed by atoms with E-state index in [4.69, 9.17) is 5.11 Å². The molecule has 26 nitrogen and oxygen atoms in total. The van der Waals surface area contributed by atoms with Gasteiger partial charge < -0.3 is 62.2 Å². The summed E-state index contributed by atoms with van der Waals surface area (Å²) in [6.07, 6.45) is 3.65. The van der Waals surface area contributed by atoms with Gasteiger partial charge in [0.25, 0.3) is 0 Å². The molecule has 1 aromatic heterocycles. The quantitative estimate of drug-likeness (QED) is 0.0398. The predicted octanol–water partition coefficient (Wildman–Crippen LogP) is -0.445. The lowest BCUT2D eigenvalue weighted by molar-refractivity contribution is -0.141. The van der Waals surface area contributed by atoms with Crippen LogP contribution in [0.1, 0.15) is 63.4 Å². The van der Waals surface area contributed by atoms with Crippen LogP contribution < -0.4 is 26.6 Å². The highest BCUT2D eigenvalue weighted by atomic mass is 127. The minimum Gasteiger partial charge on any atom is -0.481 e. The van der Waals surface area contributed by atoms with E-state index in [1.165, 1.54) is 0 Å². The highest BCUT2D eigenvalue weighted by Crippen LogP contribution is 2.29. The smallest absolute Gasteiger partial charge is 0.326 e. The van der Waals surface area contributed by atoms with Crippen molar-refractivity contribution >= 4 is 93.1 Å². The Balaban J connectivity index is 1.30. The van der Waals surface area contributed by atoms with E-state index in [0.29, 0.717) is 45.3 Å². The lowest BCUT2D eigenvalue weighted by atomic mass is 9.81. The number of amides is 5. The summed E-state index contributed by atoms with van der Waals surface area (Å²) in [5.74, 6) is -8.69. The summed E-state index contributed by atoms with van der Waals surface area (Å²) < 4.78 is 0.969. The average Bonchev–Trinajstić information content (AvgIpc) is 3.72. The second-order valence-electron chi connectivity index (χ2n) is 18.7. The maximum atomic E-state index is 13.9. The monoisotopic (exact) mass is 1160 g/mol. The van der Waals surface area contributed by atoms with Crippen LogP contribution in [0.4, 0.5) is 4.79 Å². The molecular weight excluding hydrogens is 1090 g/mol. The number of aromatic amines is 1. The number of urea groups is 1. The molecule has 2 aromatic rings. The molecule has 2 fully saturated rings. The number of hydrogen-bond donors (Lipinski definition) is 12. The topological polar surface area (TPSA) is 381 Å². The number of fused-ring (bicyclic) bond motifs is 1. The maximum Gasteiger partial charge on any atom is 0.326 e. The fourth-order valence-corrected chi connectivity index (χ4v) is 9.41. The van der Waals surface area contributed by atoms with Gasteiger partial charge in [-0.25, -0.2) is 14.4 Å². The van der Waals surface area contributed by atoms with Gasteiger partial charge in [-0.15, -0.1) is 0 Å². The molecule has 410 valence electrons. The fourth-order valence-electron chi connectivity index (χ4n) is 8.92. The summed E-state index contributed by atoms with van der Waals surface area (Å²) in [7, 11) is 0. The molecule has 2 aliphatic rings. The third kappa shape index (κ3) is 22.1. The molecule has 0 unspecified atom stereocenters. The van der Waals surface area contributed by atoms with E-state index in [1.807, 2.05) is 23.1 Å². The first-order valence-corrected chi connectivity index (χ1v) is 25.6. The number of aromatic nitrogens is 1. The Morgan fingerprint density at radius 2 is 1.12 bits per heavy atom. The van der Waals surface area contributed by atoms with Gasteiger partial charge in [-0.05, 0) is 104 Å². The van der Waals surface area contributed by atoms with Crippen LogP contribution in [0.25, 0.3) is 10.9 Å². The number of carboxylic acid groups (broad SMARTS) is 6. The SMILES string of the molecule is O=C(O)CC[C@H](NC(=O)N[C@@H](CCCCNC(=O)[C@@H](Cc1c[nH]c2ccc(I)cc12)NC(=O)C1CCC(CNC(=O)CN2CCN(CC(=O)O)CCN(CC(=O)O)CCN(CC(=O)O)CC2)CC1)C(=O)O)C(=O)O. The van der Waals surface area contributed by atoms with E-state index < -0.39 is 84.6 Å². The van der Waals surface area contributed by atoms with Crippen LogP contribution in [0.2, 0.25) is 0 Å². The molecular formula is C47H69IN10O16. The third-order valence-electron chi connectivity index (χ3n) is 13.0. The van der Waals surface area contributed by atoms with E-state index >= 15 is 0 Å². The number of halogens is 1. The summed E-state index contributed by atoms with van der Waals surface area (Å²) >= 11 is 2.19. The molecule has 2 heterocycles. The van der Waals surface area contributed by atoms with Gasteiger partial charge in [0.2, 0.25) is 17.7 Å². The zero-order chi connectivity index (χ0) is 54.3. The van der Waals surface area contributed by atoms with Crippen molar-refractivity contribution in [3.05, 3.63) is 33.5 Å². The molecule has 4 rings (SSSR count). The highest BCUT2D eigenvalue weighted by Gasteiger charge is 2.31. The molecule has 3 atom stereocenters. The first kappa shape index (κ1) is 60.4. The lowest BCUT2D eigenvalue weighted by Crippen LogP contribution is -2.51. The Kier molecular flexibility index (Phi) is 25.2. The number of carbonyl (C=O) groups is 10. The zero-order valence-corrected chi connectivity index (χ0v) is 43.3. The fraction of sp³-hybridized carbons (Fsp3) is 0.617. The molecule has 1 saturated carbocycles. The van der Waals surface area contributed by atoms with Crippen LogP contribution in [0.3, 0.4) is 0 Å². The van der Waals surface area contributed by atoms with Crippen LogP contribution in [-0.4, -0.2) is 225 Å². The molecule has 0 bridgehead atoms. The van der Waals surface area contributed by atoms with Crippen molar-refractivity contribution in [1.82, 2.24) is 51.2 Å². The van der Waals surface area contributed by atoms with E-state index in [1.54, 1.807) is 20.9 Å². The molecule has 74 heavy (non-hydrogen) atoms. The summed E-state index contributed by atoms with van der Waals surface area (Å²) in [6.45, 7) is 1.71. The Morgan fingerprint density at radius 3 is 1.62 bits per heavy atom. The van der Waals surface area contributed by atoms with E-state index in [0.717, 1.165) is 20.0 Å². The Hall–Kier alpha value is -6.17. The van der Waals surface area contributed by atoms with E-state index in [-0.39, 0.29) is 115 Å². The Bertz CT molecular complexity index is 2240. The van der Waals surface area contributed by atoms with Crippen LogP contribution >= 0.6 is 22.6 Å². The number of rotatable bonds is 27. The first-order chi connectivity index (χ1) is 35.1. The van der Waals surface area contributed by atoms with Gasteiger partial charge in [0.15, 0.2) is 0 Å². The molecule has 0 radical (unpaired) electrons. The summed E-state index contributed by atoms with van der Waals surface area (Å²) in [5.41, 5.74) is 1.65. The number of aliphatic carboxylic acids is 6. The Morgan fingerprint density at radius 1 is 0.608 bits per heavy atom. The summed E-state index contributed by atoms with van der Waals surface area (Å²) in [6, 6.07) is 0.770. The number of benzene rings is 1. The average molecular weight is 1160 g/mol. The van der Waals surface area contributed by atoms with E-state index in [2.05, 4.69) is 54.2 Å². The van der Waals surface area contributed by atoms with Crippen LogP contribution in [0.15, 0.2) is 24.4 Å². The van der Waals surface area contributed by atoms with E-state index in [9.17, 15) is 73.5 Å². The predicted molar refractivity (Wildman–Crippen MR) is 272 cm³/mol. The molecule has 1 aliphatic heterocycles. The molecule has 5 amide bonds. The van der Waals surface area contributed by atoms with Gasteiger partial charge in [0.1, 0.15) is 18.1 Å². The molecule has 1 saturated heterocycles. The summed E-state index contributed by atoms with van der Waals surface area (Å²) in [5, 5.41) is 70.3. The van der Waals surface area contributed by atoms with Crippen LogP contribution in [0, 0.1) is 15.4 Å². The van der Waals surface area contributed by atoms with Gasteiger partial charge in [0.05, 0.1) is 26.2 Å². The molecule has 12 N–H and O–H groups in total. The number of unbranched alkanes of at least 4 members (excludes halogenated alkanes) is 1. The highest BCUT2D eigenvalue weighted by molar-refractivity contribution is 14.1. The summed E-state index contributed by atoms with van der Waals surface area (Å²) in [4.78, 5) is 133. The number of nitrogens with zero attached hydrogens (tertiary/aromatic N) is 4. The largest absolute Gasteiger partial charge is 0.481 e. The second-order valence-corrected chi connectivity index (χ2v) is 19.9. The van der Waals surface area contributed by atoms with Gasteiger partial charge in [-0.3, -0.25) is 53.2 Å². The van der Waals surface area contributed by atoms with Crippen molar-refractivity contribution in [2.75, 3.05) is 91.6 Å². The van der Waals surface area contributed by atoms with Crippen LogP contribution in [-0.2, 0) is 49.6 Å². The first-order valence-electron chi connectivity index (χ1n) is 24.5. The third-order valence-corrected chi connectivity index (χ3v) is 13.7. The second kappa shape index (κ2) is 30.9. The number of carbonyl (C=O) groups excluding carboxylic acids is 4. The van der Waals surface area contributed by atoms with Crippen molar-refractivity contribution in [3.8, 4) is 0 Å². The zero-order valence-electron chi connectivity index (χ0n) is 41.1. The number of H-pyrrole nitrogens is 1. The van der Waals surface area contributed by atoms with Gasteiger partial charge in [-0.1, -0.05) is 0 Å². The van der Waals surface area contributed by atoms with Crippen molar-refractivity contribution < 1.29 is 78.6 Å².